The largest absolute Gasteiger partial charge is 0.486 e. The van der Waals surface area contributed by atoms with Crippen molar-refractivity contribution in [1.82, 2.24) is 4.98 Å². The van der Waals surface area contributed by atoms with Crippen molar-refractivity contribution in [3.05, 3.63) is 87.7 Å². The molecule has 11 heteroatoms. The summed E-state index contributed by atoms with van der Waals surface area (Å²) < 4.78 is 45.5. The highest BCUT2D eigenvalue weighted by atomic mass is 35.5. The minimum atomic E-state index is -4.23. The molecular formula is C31H32Cl2N2O6S. The van der Waals surface area contributed by atoms with E-state index in [4.69, 9.17) is 37.4 Å². The van der Waals surface area contributed by atoms with Crippen molar-refractivity contribution in [3.63, 3.8) is 0 Å². The number of pyridine rings is 1. The molecule has 0 radical (unpaired) electrons. The third kappa shape index (κ3) is 7.26. The van der Waals surface area contributed by atoms with E-state index in [1.165, 1.54) is 18.2 Å². The fourth-order valence-electron chi connectivity index (χ4n) is 4.90. The van der Waals surface area contributed by atoms with Crippen molar-refractivity contribution in [3.8, 4) is 5.75 Å². The van der Waals surface area contributed by atoms with Crippen LogP contribution in [0.4, 0.5) is 5.69 Å². The molecule has 1 fully saturated rings. The van der Waals surface area contributed by atoms with Crippen LogP contribution in [0.25, 0.3) is 6.08 Å². The van der Waals surface area contributed by atoms with Gasteiger partial charge in [0.2, 0.25) is 0 Å². The van der Waals surface area contributed by atoms with Gasteiger partial charge >= 0.3 is 5.97 Å². The molecule has 2 aromatic carbocycles. The lowest BCUT2D eigenvalue weighted by molar-refractivity contribution is -0.152. The van der Waals surface area contributed by atoms with Crippen molar-refractivity contribution >= 4 is 51.0 Å². The van der Waals surface area contributed by atoms with Crippen molar-refractivity contribution in [2.45, 2.75) is 56.1 Å². The Bertz CT molecular complexity index is 1580. The maximum Gasteiger partial charge on any atom is 0.327 e. The van der Waals surface area contributed by atoms with E-state index in [9.17, 15) is 13.2 Å². The first kappa shape index (κ1) is 30.4. The number of nitrogens with zero attached hydrogens (tertiary/aromatic N) is 2. The van der Waals surface area contributed by atoms with Crippen LogP contribution in [-0.2, 0) is 30.7 Å². The maximum atomic E-state index is 13.8. The number of esters is 1. The number of carbonyl (C=O) groups excluding carboxylic acids is 1. The van der Waals surface area contributed by atoms with Crippen LogP contribution in [0.2, 0.25) is 10.0 Å². The molecule has 8 nitrogen and oxygen atoms in total. The molecule has 0 spiro atoms. The number of fused-ring (bicyclic) bond motifs is 1. The average molecular weight is 632 g/mol. The van der Waals surface area contributed by atoms with E-state index in [-0.39, 0.29) is 27.0 Å². The molecule has 42 heavy (non-hydrogen) atoms. The van der Waals surface area contributed by atoms with E-state index in [0.717, 1.165) is 27.5 Å². The second-order valence-corrected chi connectivity index (χ2v) is 14.0. The summed E-state index contributed by atoms with van der Waals surface area (Å²) in [6.45, 7) is 5.95. The van der Waals surface area contributed by atoms with Crippen molar-refractivity contribution in [2.75, 3.05) is 24.1 Å². The molecule has 1 aliphatic heterocycles. The average Bonchev–Trinajstić information content (AvgIpc) is 3.43. The number of rotatable bonds is 8. The summed E-state index contributed by atoms with van der Waals surface area (Å²) in [6, 6.07) is 13.3. The monoisotopic (exact) mass is 630 g/mol. The van der Waals surface area contributed by atoms with Crippen LogP contribution in [0.1, 0.15) is 49.9 Å². The van der Waals surface area contributed by atoms with Crippen molar-refractivity contribution in [1.29, 1.82) is 0 Å². The Morgan fingerprint density at radius 3 is 2.50 bits per heavy atom. The molecule has 2 atom stereocenters. The standard InChI is InChI=1S/C31H32Cl2N2O6S/c1-31(2,3)41-30(36)18-35(42(37,38)28-15-23(32)14-24(33)16-28)25-7-6-20-12-22(5-4-21(20)13-25)29-9-8-26(17-34-29)40-27-10-11-39-19-27/h4-9,13-17,22,27H,10-12,18-19H2,1-3H3/t22?,27-/m0/s1. The van der Waals surface area contributed by atoms with Crippen LogP contribution in [0, 0.1) is 0 Å². The molecule has 222 valence electrons. The summed E-state index contributed by atoms with van der Waals surface area (Å²) in [5, 5.41) is 0.330. The van der Waals surface area contributed by atoms with Crippen molar-refractivity contribution in [2.24, 2.45) is 0 Å². The molecule has 0 amide bonds. The van der Waals surface area contributed by atoms with Gasteiger partial charge in [0.15, 0.2) is 0 Å². The predicted octanol–water partition coefficient (Wildman–Crippen LogP) is 6.45. The number of benzene rings is 2. The van der Waals surface area contributed by atoms with Gasteiger partial charge in [0.25, 0.3) is 10.0 Å². The second kappa shape index (κ2) is 12.2. The topological polar surface area (TPSA) is 95.0 Å². The minimum Gasteiger partial charge on any atom is -0.486 e. The zero-order valence-corrected chi connectivity index (χ0v) is 25.9. The van der Waals surface area contributed by atoms with E-state index in [2.05, 4.69) is 4.98 Å². The zero-order chi connectivity index (χ0) is 30.1. The summed E-state index contributed by atoms with van der Waals surface area (Å²) in [6.07, 6.45) is 7.34. The van der Waals surface area contributed by atoms with Crippen molar-refractivity contribution < 1.29 is 27.4 Å². The van der Waals surface area contributed by atoms with Gasteiger partial charge in [0.1, 0.15) is 24.0 Å². The number of sulfonamides is 1. The Kier molecular flexibility index (Phi) is 8.85. The van der Waals surface area contributed by atoms with Crippen LogP contribution in [0.15, 0.2) is 65.7 Å². The highest BCUT2D eigenvalue weighted by Gasteiger charge is 2.31. The molecule has 0 bridgehead atoms. The van der Waals surface area contributed by atoms with Gasteiger partial charge in [-0.1, -0.05) is 41.4 Å². The number of ether oxygens (including phenoxy) is 3. The lowest BCUT2D eigenvalue weighted by Crippen LogP contribution is -2.39. The minimum absolute atomic E-state index is 0.0439. The van der Waals surface area contributed by atoms with Crippen LogP contribution >= 0.6 is 23.2 Å². The number of carbonyl (C=O) groups is 1. The van der Waals surface area contributed by atoms with Crippen LogP contribution < -0.4 is 9.04 Å². The maximum absolute atomic E-state index is 13.8. The van der Waals surface area contributed by atoms with Gasteiger partial charge in [-0.2, -0.15) is 0 Å². The molecule has 0 N–H and O–H groups in total. The van der Waals surface area contributed by atoms with Gasteiger partial charge in [-0.3, -0.25) is 14.1 Å². The predicted molar refractivity (Wildman–Crippen MR) is 163 cm³/mol. The Hall–Kier alpha value is -3.11. The molecule has 0 saturated carbocycles. The Morgan fingerprint density at radius 2 is 1.86 bits per heavy atom. The van der Waals surface area contributed by atoms with E-state index < -0.39 is 28.1 Å². The van der Waals surface area contributed by atoms with E-state index in [1.807, 2.05) is 30.4 Å². The molecule has 2 heterocycles. The first-order valence-corrected chi connectivity index (χ1v) is 15.8. The van der Waals surface area contributed by atoms with Crippen LogP contribution in [0.3, 0.4) is 0 Å². The third-order valence-corrected chi connectivity index (χ3v) is 9.00. The fourth-order valence-corrected chi connectivity index (χ4v) is 7.02. The van der Waals surface area contributed by atoms with Crippen LogP contribution in [-0.4, -0.2) is 50.8 Å². The number of anilines is 1. The smallest absolute Gasteiger partial charge is 0.327 e. The number of halogens is 2. The number of allylic oxidation sites excluding steroid dienone is 1. The van der Waals surface area contributed by atoms with E-state index in [0.29, 0.717) is 31.1 Å². The SMILES string of the molecule is CC(C)(C)OC(=O)CN(c1ccc2c(c1)C=CC(c1ccc(O[C@H]3CCOC3)cn1)C2)S(=O)(=O)c1cc(Cl)cc(Cl)c1. The molecule has 1 unspecified atom stereocenters. The zero-order valence-electron chi connectivity index (χ0n) is 23.5. The van der Waals surface area contributed by atoms with E-state index >= 15 is 0 Å². The normalized spacial score (nSPS) is 18.4. The molecule has 2 aliphatic rings. The molecular weight excluding hydrogens is 599 g/mol. The van der Waals surface area contributed by atoms with Crippen LogP contribution in [0.5, 0.6) is 5.75 Å². The molecule has 1 aliphatic carbocycles. The van der Waals surface area contributed by atoms with E-state index in [1.54, 1.807) is 39.1 Å². The summed E-state index contributed by atoms with van der Waals surface area (Å²) in [5.74, 6) is 0.0697. The Labute approximate surface area is 256 Å². The lowest BCUT2D eigenvalue weighted by Gasteiger charge is -2.28. The Morgan fingerprint density at radius 1 is 1.10 bits per heavy atom. The number of aromatic nitrogens is 1. The second-order valence-electron chi connectivity index (χ2n) is 11.3. The van der Waals surface area contributed by atoms with Gasteiger partial charge in [-0.05, 0) is 80.8 Å². The van der Waals surface area contributed by atoms with Gasteiger partial charge < -0.3 is 14.2 Å². The van der Waals surface area contributed by atoms with Gasteiger partial charge in [0.05, 0.1) is 30.0 Å². The fraction of sp³-hybridized carbons (Fsp3) is 0.355. The Balaban J connectivity index is 1.40. The summed E-state index contributed by atoms with van der Waals surface area (Å²) >= 11 is 12.2. The molecule has 3 aromatic rings. The molecule has 1 aromatic heterocycles. The third-order valence-electron chi connectivity index (χ3n) is 6.81. The number of hydrogen-bond donors (Lipinski definition) is 0. The van der Waals surface area contributed by atoms with Gasteiger partial charge in [-0.25, -0.2) is 8.42 Å². The highest BCUT2D eigenvalue weighted by molar-refractivity contribution is 7.92. The first-order valence-electron chi connectivity index (χ1n) is 13.6. The number of hydrogen-bond acceptors (Lipinski definition) is 7. The lowest BCUT2D eigenvalue weighted by atomic mass is 9.87. The molecule has 1 saturated heterocycles. The molecule has 5 rings (SSSR count). The highest BCUT2D eigenvalue weighted by Crippen LogP contribution is 2.34. The summed E-state index contributed by atoms with van der Waals surface area (Å²) in [7, 11) is -4.23. The van der Waals surface area contributed by atoms with Gasteiger partial charge in [0, 0.05) is 28.1 Å². The quantitative estimate of drug-likeness (QED) is 0.264. The van der Waals surface area contributed by atoms with Gasteiger partial charge in [-0.15, -0.1) is 0 Å². The first-order chi connectivity index (χ1) is 19.9. The summed E-state index contributed by atoms with van der Waals surface area (Å²) in [5.41, 5.74) is 2.30. The summed E-state index contributed by atoms with van der Waals surface area (Å²) in [4.78, 5) is 17.3.